The van der Waals surface area contributed by atoms with Crippen molar-refractivity contribution in [2.75, 3.05) is 0 Å². The number of hydrogen-bond acceptors (Lipinski definition) is 12. The Morgan fingerprint density at radius 2 is 0.939 bits per heavy atom. The van der Waals surface area contributed by atoms with Gasteiger partial charge >= 0.3 is 11.4 Å². The van der Waals surface area contributed by atoms with Crippen molar-refractivity contribution in [2.24, 2.45) is 0 Å². The van der Waals surface area contributed by atoms with Gasteiger partial charge < -0.3 is 0 Å². The van der Waals surface area contributed by atoms with Crippen molar-refractivity contribution >= 4 is 57.9 Å². The smallest absolute Gasteiger partial charge is 0.258 e. The number of nitro benzene ring substituents is 6. The van der Waals surface area contributed by atoms with Gasteiger partial charge in [-0.3, -0.25) is 60.7 Å². The highest BCUT2D eigenvalue weighted by Crippen LogP contribution is 2.43. The first kappa shape index (κ1) is 24.1. The largest absolute Gasteiger partial charge is 0.309 e. The summed E-state index contributed by atoms with van der Waals surface area (Å²) in [7, 11) is 0. The van der Waals surface area contributed by atoms with Gasteiger partial charge in [0.05, 0.1) is 47.7 Å². The molecule has 0 saturated carbocycles. The van der Waals surface area contributed by atoms with Crippen LogP contribution in [-0.2, 0) is 0 Å². The minimum Gasteiger partial charge on any atom is -0.258 e. The maximum Gasteiger partial charge on any atom is 0.309 e. The summed E-state index contributed by atoms with van der Waals surface area (Å²) in [6, 6.07) is 1.05. The van der Waals surface area contributed by atoms with Crippen LogP contribution in [0, 0.1) is 60.7 Å². The highest BCUT2D eigenvalue weighted by atomic mass is 35.5. The lowest BCUT2D eigenvalue weighted by molar-refractivity contribution is -0.403. The standard InChI is InChI=1S/C14H5ClN6O12/c15-13-12(20(30)31)5-11(19(28)29)8(14(13)21(32)33)2-1-7-9(17(24)25)3-6(16(22)23)4-10(7)18(26)27/h1-5H/b2-1+. The number of rotatable bonds is 8. The number of nitro groups is 6. The van der Waals surface area contributed by atoms with Crippen LogP contribution in [0.1, 0.15) is 11.1 Å². The molecule has 0 heterocycles. The van der Waals surface area contributed by atoms with Gasteiger partial charge in [-0.1, -0.05) is 11.6 Å². The highest BCUT2D eigenvalue weighted by Gasteiger charge is 2.35. The minimum absolute atomic E-state index is 0.299. The topological polar surface area (TPSA) is 259 Å². The second-order valence-electron chi connectivity index (χ2n) is 5.76. The van der Waals surface area contributed by atoms with Crippen LogP contribution in [0.25, 0.3) is 12.2 Å². The molecule has 19 heteroatoms. The molecule has 0 N–H and O–H groups in total. The van der Waals surface area contributed by atoms with Gasteiger partial charge in [-0.2, -0.15) is 0 Å². The number of halogens is 1. The van der Waals surface area contributed by atoms with E-state index in [-0.39, 0.29) is 0 Å². The number of nitrogens with zero attached hydrogens (tertiary/aromatic N) is 6. The molecule has 2 aromatic carbocycles. The van der Waals surface area contributed by atoms with E-state index in [9.17, 15) is 60.7 Å². The maximum absolute atomic E-state index is 11.4. The van der Waals surface area contributed by atoms with Crippen LogP contribution < -0.4 is 0 Å². The molecule has 0 saturated heterocycles. The summed E-state index contributed by atoms with van der Waals surface area (Å²) in [6.45, 7) is 0. The van der Waals surface area contributed by atoms with E-state index in [1.165, 1.54) is 0 Å². The molecule has 0 amide bonds. The summed E-state index contributed by atoms with van der Waals surface area (Å²) in [6.07, 6.45) is 0.977. The number of hydrogen-bond donors (Lipinski definition) is 0. The maximum atomic E-state index is 11.4. The van der Waals surface area contributed by atoms with Crippen molar-refractivity contribution in [3.8, 4) is 0 Å². The molecule has 2 aromatic rings. The monoisotopic (exact) mass is 484 g/mol. The molecular weight excluding hydrogens is 480 g/mol. The molecule has 0 atom stereocenters. The lowest BCUT2D eigenvalue weighted by Crippen LogP contribution is -2.02. The zero-order valence-corrected chi connectivity index (χ0v) is 16.1. The van der Waals surface area contributed by atoms with E-state index >= 15 is 0 Å². The molecule has 0 spiro atoms. The van der Waals surface area contributed by atoms with Gasteiger partial charge in [-0.05, 0) is 12.2 Å². The number of non-ortho nitro benzene ring substituents is 1. The Morgan fingerprint density at radius 1 is 0.545 bits per heavy atom. The fraction of sp³-hybridized carbons (Fsp3) is 0. The van der Waals surface area contributed by atoms with Crippen LogP contribution in [0.5, 0.6) is 0 Å². The van der Waals surface area contributed by atoms with Crippen molar-refractivity contribution < 1.29 is 29.5 Å². The quantitative estimate of drug-likeness (QED) is 0.292. The van der Waals surface area contributed by atoms with Gasteiger partial charge in [0.25, 0.3) is 22.7 Å². The fourth-order valence-corrected chi connectivity index (χ4v) is 2.91. The zero-order valence-electron chi connectivity index (χ0n) is 15.3. The van der Waals surface area contributed by atoms with Crippen LogP contribution in [0.4, 0.5) is 34.1 Å². The third-order valence-corrected chi connectivity index (χ3v) is 4.33. The first-order valence-electron chi connectivity index (χ1n) is 7.86. The molecule has 0 aliphatic rings. The normalized spacial score (nSPS) is 10.7. The van der Waals surface area contributed by atoms with Crippen LogP contribution in [0.2, 0.25) is 5.02 Å². The van der Waals surface area contributed by atoms with Crippen LogP contribution in [-0.4, -0.2) is 29.5 Å². The van der Waals surface area contributed by atoms with E-state index in [4.69, 9.17) is 11.6 Å². The average Bonchev–Trinajstić information content (AvgIpc) is 2.70. The van der Waals surface area contributed by atoms with Crippen LogP contribution in [0.15, 0.2) is 18.2 Å². The van der Waals surface area contributed by atoms with Gasteiger partial charge in [-0.15, -0.1) is 0 Å². The van der Waals surface area contributed by atoms with Crippen LogP contribution >= 0.6 is 11.6 Å². The van der Waals surface area contributed by atoms with Crippen molar-refractivity contribution in [2.45, 2.75) is 0 Å². The molecule has 0 radical (unpaired) electrons. The van der Waals surface area contributed by atoms with Gasteiger partial charge in [0.2, 0.25) is 0 Å². The Kier molecular flexibility index (Phi) is 6.53. The molecule has 0 aliphatic heterocycles. The van der Waals surface area contributed by atoms with Crippen molar-refractivity contribution in [3.05, 3.63) is 95.0 Å². The first-order valence-corrected chi connectivity index (χ1v) is 8.24. The van der Waals surface area contributed by atoms with Crippen molar-refractivity contribution in [1.29, 1.82) is 0 Å². The van der Waals surface area contributed by atoms with E-state index in [0.29, 0.717) is 30.4 Å². The molecule has 0 unspecified atom stereocenters. The molecule has 2 rings (SSSR count). The molecule has 0 aliphatic carbocycles. The van der Waals surface area contributed by atoms with Crippen molar-refractivity contribution in [1.82, 2.24) is 0 Å². The Bertz CT molecular complexity index is 1270. The molecule has 170 valence electrons. The lowest BCUT2D eigenvalue weighted by atomic mass is 10.0. The molecule has 0 aromatic heterocycles. The molecular formula is C14H5ClN6O12. The Morgan fingerprint density at radius 3 is 1.30 bits per heavy atom. The predicted molar refractivity (Wildman–Crippen MR) is 107 cm³/mol. The van der Waals surface area contributed by atoms with E-state index < -0.39 is 79.8 Å². The fourth-order valence-electron chi connectivity index (χ4n) is 2.61. The summed E-state index contributed by atoms with van der Waals surface area (Å²) in [5.74, 6) is 0. The van der Waals surface area contributed by atoms with Gasteiger partial charge in [0.1, 0.15) is 11.1 Å². The van der Waals surface area contributed by atoms with E-state index in [2.05, 4.69) is 0 Å². The SMILES string of the molecule is O=[N+]([O-])c1cc([N+](=O)[O-])c(/C=C/c2c([N+](=O)[O-])cc([N+](=O)[O-])c(Cl)c2[N+](=O)[O-])c([N+](=O)[O-])c1. The Hall–Kier alpha value is -5.13. The zero-order chi connectivity index (χ0) is 25.2. The highest BCUT2D eigenvalue weighted by molar-refractivity contribution is 6.35. The minimum atomic E-state index is -1.32. The first-order chi connectivity index (χ1) is 15.3. The predicted octanol–water partition coefficient (Wildman–Crippen LogP) is 3.96. The van der Waals surface area contributed by atoms with E-state index in [0.717, 1.165) is 0 Å². The summed E-state index contributed by atoms with van der Waals surface area (Å²) >= 11 is 5.65. The van der Waals surface area contributed by atoms with Gasteiger partial charge in [-0.25, -0.2) is 0 Å². The third-order valence-electron chi connectivity index (χ3n) is 3.96. The molecule has 0 fully saturated rings. The Balaban J connectivity index is 2.95. The second-order valence-corrected chi connectivity index (χ2v) is 6.14. The van der Waals surface area contributed by atoms with E-state index in [1.54, 1.807) is 0 Å². The van der Waals surface area contributed by atoms with Crippen LogP contribution in [0.3, 0.4) is 0 Å². The summed E-state index contributed by atoms with van der Waals surface area (Å²) in [4.78, 5) is 60.1. The molecule has 18 nitrogen and oxygen atoms in total. The summed E-state index contributed by atoms with van der Waals surface area (Å²) < 4.78 is 0. The molecule has 33 heavy (non-hydrogen) atoms. The summed E-state index contributed by atoms with van der Waals surface area (Å²) in [5, 5.41) is 66.3. The molecule has 0 bridgehead atoms. The second kappa shape index (κ2) is 8.93. The lowest BCUT2D eigenvalue weighted by Gasteiger charge is -2.04. The van der Waals surface area contributed by atoms with Gasteiger partial charge in [0, 0.05) is 0 Å². The van der Waals surface area contributed by atoms with Crippen molar-refractivity contribution in [3.63, 3.8) is 0 Å². The average molecular weight is 485 g/mol. The van der Waals surface area contributed by atoms with E-state index in [1.807, 2.05) is 0 Å². The number of benzene rings is 2. The Labute approximate surface area is 183 Å². The summed E-state index contributed by atoms with van der Waals surface area (Å²) in [5.41, 5.74) is -8.91. The van der Waals surface area contributed by atoms with Gasteiger partial charge in [0.15, 0.2) is 5.02 Å². The third kappa shape index (κ3) is 4.64.